The van der Waals surface area contributed by atoms with Crippen LogP contribution in [0.4, 0.5) is 5.82 Å². The van der Waals surface area contributed by atoms with Crippen LogP contribution in [0.1, 0.15) is 36.8 Å². The van der Waals surface area contributed by atoms with Gasteiger partial charge in [0.25, 0.3) is 0 Å². The molecule has 0 aliphatic heterocycles. The highest BCUT2D eigenvalue weighted by Crippen LogP contribution is 2.31. The molecule has 1 aromatic heterocycles. The Morgan fingerprint density at radius 1 is 1.17 bits per heavy atom. The number of nitrogens with zero attached hydrogens (tertiary/aromatic N) is 2. The molecule has 2 aromatic rings. The van der Waals surface area contributed by atoms with E-state index in [1.54, 1.807) is 0 Å². The molecule has 0 unspecified atom stereocenters. The van der Waals surface area contributed by atoms with Gasteiger partial charge in [0.2, 0.25) is 0 Å². The summed E-state index contributed by atoms with van der Waals surface area (Å²) in [6, 6.07) is 6.59. The van der Waals surface area contributed by atoms with Crippen LogP contribution in [0.3, 0.4) is 0 Å². The lowest BCUT2D eigenvalue weighted by atomic mass is 10.0. The molecule has 0 saturated carbocycles. The summed E-state index contributed by atoms with van der Waals surface area (Å²) < 4.78 is 2.08. The fraction of sp³-hybridized carbons (Fsp3) is 0.400. The Kier molecular flexibility index (Phi) is 3.16. The second kappa shape index (κ2) is 4.48. The Hall–Kier alpha value is -1.77. The molecular formula is C15H21N3. The molecule has 1 heterocycles. The SMILES string of the molecule is Cc1cccc(-c2nc(C)n(C(C)C)c2N)c1C. The summed E-state index contributed by atoms with van der Waals surface area (Å²) >= 11 is 0. The molecule has 2 N–H and O–H groups in total. The van der Waals surface area contributed by atoms with E-state index < -0.39 is 0 Å². The van der Waals surface area contributed by atoms with Crippen LogP contribution >= 0.6 is 0 Å². The average Bonchev–Trinajstić information content (AvgIpc) is 2.58. The summed E-state index contributed by atoms with van der Waals surface area (Å²) in [6.45, 7) is 10.5. The van der Waals surface area contributed by atoms with E-state index in [2.05, 4.69) is 55.4 Å². The van der Waals surface area contributed by atoms with Gasteiger partial charge in [0, 0.05) is 11.6 Å². The molecule has 2 rings (SSSR count). The first-order chi connectivity index (χ1) is 8.43. The standard InChI is InChI=1S/C15H21N3/c1-9(2)18-12(5)17-14(15(18)16)13-8-6-7-10(3)11(13)4/h6-9H,16H2,1-5H3. The normalized spacial score (nSPS) is 11.2. The first-order valence-electron chi connectivity index (χ1n) is 6.34. The predicted molar refractivity (Wildman–Crippen MR) is 76.7 cm³/mol. The third-order valence-corrected chi connectivity index (χ3v) is 3.50. The maximum atomic E-state index is 6.26. The lowest BCUT2D eigenvalue weighted by molar-refractivity contribution is 0.590. The minimum Gasteiger partial charge on any atom is -0.383 e. The molecule has 0 spiro atoms. The molecule has 96 valence electrons. The van der Waals surface area contributed by atoms with Gasteiger partial charge in [-0.05, 0) is 45.7 Å². The number of hydrogen-bond acceptors (Lipinski definition) is 2. The highest BCUT2D eigenvalue weighted by molar-refractivity contribution is 5.74. The average molecular weight is 243 g/mol. The summed E-state index contributed by atoms with van der Waals surface area (Å²) in [6.07, 6.45) is 0. The van der Waals surface area contributed by atoms with E-state index in [1.807, 2.05) is 6.92 Å². The largest absolute Gasteiger partial charge is 0.383 e. The highest BCUT2D eigenvalue weighted by atomic mass is 15.2. The summed E-state index contributed by atoms with van der Waals surface area (Å²) in [5.74, 6) is 1.73. The molecule has 3 nitrogen and oxygen atoms in total. The number of nitrogens with two attached hydrogens (primary N) is 1. The van der Waals surface area contributed by atoms with E-state index in [0.717, 1.165) is 22.9 Å². The fourth-order valence-corrected chi connectivity index (χ4v) is 2.42. The Labute approximate surface area is 109 Å². The number of hydrogen-bond donors (Lipinski definition) is 1. The van der Waals surface area contributed by atoms with Gasteiger partial charge in [0.05, 0.1) is 0 Å². The van der Waals surface area contributed by atoms with Crippen molar-refractivity contribution in [3.05, 3.63) is 35.2 Å². The third-order valence-electron chi connectivity index (χ3n) is 3.50. The summed E-state index contributed by atoms with van der Waals surface area (Å²) in [5.41, 5.74) is 10.8. The van der Waals surface area contributed by atoms with E-state index in [-0.39, 0.29) is 0 Å². The van der Waals surface area contributed by atoms with E-state index in [9.17, 15) is 0 Å². The zero-order chi connectivity index (χ0) is 13.4. The van der Waals surface area contributed by atoms with E-state index in [0.29, 0.717) is 6.04 Å². The maximum Gasteiger partial charge on any atom is 0.131 e. The van der Waals surface area contributed by atoms with E-state index in [4.69, 9.17) is 5.73 Å². The highest BCUT2D eigenvalue weighted by Gasteiger charge is 2.17. The minimum atomic E-state index is 0.330. The van der Waals surface area contributed by atoms with Crippen molar-refractivity contribution < 1.29 is 0 Å². The smallest absolute Gasteiger partial charge is 0.131 e. The van der Waals surface area contributed by atoms with Crippen LogP contribution in [0.15, 0.2) is 18.2 Å². The van der Waals surface area contributed by atoms with Crippen LogP contribution in [-0.4, -0.2) is 9.55 Å². The van der Waals surface area contributed by atoms with Crippen molar-refractivity contribution in [1.29, 1.82) is 0 Å². The second-order valence-electron chi connectivity index (χ2n) is 5.10. The number of imidazole rings is 1. The summed E-state index contributed by atoms with van der Waals surface area (Å²) in [4.78, 5) is 4.64. The number of nitrogen functional groups attached to an aromatic ring is 1. The zero-order valence-electron chi connectivity index (χ0n) is 11.8. The van der Waals surface area contributed by atoms with Crippen molar-refractivity contribution in [2.24, 2.45) is 0 Å². The van der Waals surface area contributed by atoms with Crippen molar-refractivity contribution in [3.63, 3.8) is 0 Å². The maximum absolute atomic E-state index is 6.26. The molecule has 0 bridgehead atoms. The van der Waals surface area contributed by atoms with Crippen LogP contribution in [0.25, 0.3) is 11.3 Å². The Balaban J connectivity index is 2.66. The predicted octanol–water partition coefficient (Wildman–Crippen LogP) is 3.64. The van der Waals surface area contributed by atoms with Crippen molar-refractivity contribution >= 4 is 5.82 Å². The van der Waals surface area contributed by atoms with Crippen molar-refractivity contribution in [2.75, 3.05) is 5.73 Å². The van der Waals surface area contributed by atoms with Gasteiger partial charge in [-0.3, -0.25) is 0 Å². The van der Waals surface area contributed by atoms with Crippen molar-refractivity contribution in [2.45, 2.75) is 40.7 Å². The van der Waals surface area contributed by atoms with Gasteiger partial charge in [-0.15, -0.1) is 0 Å². The Morgan fingerprint density at radius 3 is 2.39 bits per heavy atom. The van der Waals surface area contributed by atoms with Crippen LogP contribution in [0, 0.1) is 20.8 Å². The van der Waals surface area contributed by atoms with Crippen LogP contribution in [0.5, 0.6) is 0 Å². The molecule has 18 heavy (non-hydrogen) atoms. The lowest BCUT2D eigenvalue weighted by Gasteiger charge is -2.12. The van der Waals surface area contributed by atoms with E-state index in [1.165, 1.54) is 11.1 Å². The molecule has 0 aliphatic rings. The second-order valence-corrected chi connectivity index (χ2v) is 5.10. The number of aromatic nitrogens is 2. The molecule has 1 aromatic carbocycles. The van der Waals surface area contributed by atoms with Gasteiger partial charge in [-0.25, -0.2) is 4.98 Å². The number of rotatable bonds is 2. The summed E-state index contributed by atoms with van der Waals surface area (Å²) in [7, 11) is 0. The van der Waals surface area contributed by atoms with Crippen LogP contribution < -0.4 is 5.73 Å². The molecule has 3 heteroatoms. The molecule has 0 radical (unpaired) electrons. The van der Waals surface area contributed by atoms with Crippen molar-refractivity contribution in [1.82, 2.24) is 9.55 Å². The minimum absolute atomic E-state index is 0.330. The van der Waals surface area contributed by atoms with Crippen LogP contribution in [0.2, 0.25) is 0 Å². The number of anilines is 1. The zero-order valence-corrected chi connectivity index (χ0v) is 11.8. The van der Waals surface area contributed by atoms with Gasteiger partial charge < -0.3 is 10.3 Å². The lowest BCUT2D eigenvalue weighted by Crippen LogP contribution is -2.07. The molecule has 0 aliphatic carbocycles. The Morgan fingerprint density at radius 2 is 1.83 bits per heavy atom. The third kappa shape index (κ3) is 1.90. The van der Waals surface area contributed by atoms with Gasteiger partial charge in [0.15, 0.2) is 0 Å². The van der Waals surface area contributed by atoms with Gasteiger partial charge in [-0.2, -0.15) is 0 Å². The first-order valence-corrected chi connectivity index (χ1v) is 6.34. The van der Waals surface area contributed by atoms with Gasteiger partial charge >= 0.3 is 0 Å². The number of benzene rings is 1. The molecule has 0 saturated heterocycles. The molecular weight excluding hydrogens is 222 g/mol. The quantitative estimate of drug-likeness (QED) is 0.875. The first kappa shape index (κ1) is 12.7. The molecule has 0 amide bonds. The molecule has 0 fully saturated rings. The fourth-order valence-electron chi connectivity index (χ4n) is 2.42. The van der Waals surface area contributed by atoms with Gasteiger partial charge in [-0.1, -0.05) is 18.2 Å². The van der Waals surface area contributed by atoms with Crippen LogP contribution in [-0.2, 0) is 0 Å². The van der Waals surface area contributed by atoms with Crippen molar-refractivity contribution in [3.8, 4) is 11.3 Å². The summed E-state index contributed by atoms with van der Waals surface area (Å²) in [5, 5.41) is 0. The number of aryl methyl sites for hydroxylation is 2. The van der Waals surface area contributed by atoms with E-state index >= 15 is 0 Å². The molecule has 0 atom stereocenters. The Bertz CT molecular complexity index is 580. The monoisotopic (exact) mass is 243 g/mol. The topological polar surface area (TPSA) is 43.8 Å². The van der Waals surface area contributed by atoms with Gasteiger partial charge in [0.1, 0.15) is 17.3 Å².